The van der Waals surface area contributed by atoms with Crippen LogP contribution in [-0.2, 0) is 13.1 Å². The van der Waals surface area contributed by atoms with Gasteiger partial charge >= 0.3 is 0 Å². The Labute approximate surface area is 120 Å². The van der Waals surface area contributed by atoms with Gasteiger partial charge in [-0.05, 0) is 25.1 Å². The van der Waals surface area contributed by atoms with Gasteiger partial charge in [0.1, 0.15) is 5.82 Å². The summed E-state index contributed by atoms with van der Waals surface area (Å²) in [5, 5.41) is 3.44. The second kappa shape index (κ2) is 6.68. The molecule has 1 N–H and O–H groups in total. The minimum absolute atomic E-state index is 0.905. The number of rotatable bonds is 4. The predicted molar refractivity (Wildman–Crippen MR) is 80.5 cm³/mol. The maximum absolute atomic E-state index is 4.54. The SMILES string of the molecule is c1ccc(Cn2ccnc2CN2CCCNCC2)cc1. The smallest absolute Gasteiger partial charge is 0.123 e. The Morgan fingerprint density at radius 3 is 2.85 bits per heavy atom. The molecule has 0 spiro atoms. The molecule has 1 aromatic carbocycles. The Hall–Kier alpha value is -1.65. The van der Waals surface area contributed by atoms with Gasteiger partial charge in [-0.25, -0.2) is 4.98 Å². The summed E-state index contributed by atoms with van der Waals surface area (Å²) in [4.78, 5) is 7.03. The Kier molecular flexibility index (Phi) is 4.46. The molecule has 106 valence electrons. The van der Waals surface area contributed by atoms with Gasteiger partial charge in [0.25, 0.3) is 0 Å². The molecule has 1 aliphatic heterocycles. The lowest BCUT2D eigenvalue weighted by atomic mass is 10.2. The van der Waals surface area contributed by atoms with Gasteiger partial charge in [0.2, 0.25) is 0 Å². The highest BCUT2D eigenvalue weighted by Crippen LogP contribution is 2.08. The maximum atomic E-state index is 4.54. The van der Waals surface area contributed by atoms with Crippen molar-refractivity contribution in [2.75, 3.05) is 26.2 Å². The molecule has 0 radical (unpaired) electrons. The summed E-state index contributed by atoms with van der Waals surface area (Å²) < 4.78 is 2.26. The first-order valence-corrected chi connectivity index (χ1v) is 7.39. The fourth-order valence-electron chi connectivity index (χ4n) is 2.68. The molecular weight excluding hydrogens is 248 g/mol. The molecule has 0 aliphatic carbocycles. The molecule has 0 unspecified atom stereocenters. The van der Waals surface area contributed by atoms with E-state index in [1.165, 1.54) is 12.0 Å². The van der Waals surface area contributed by atoms with Crippen molar-refractivity contribution in [3.8, 4) is 0 Å². The van der Waals surface area contributed by atoms with Crippen molar-refractivity contribution in [3.05, 3.63) is 54.1 Å². The molecule has 1 aromatic heterocycles. The summed E-state index contributed by atoms with van der Waals surface area (Å²) in [7, 11) is 0. The van der Waals surface area contributed by atoms with Gasteiger partial charge < -0.3 is 9.88 Å². The fraction of sp³-hybridized carbons (Fsp3) is 0.438. The summed E-state index contributed by atoms with van der Waals surface area (Å²) in [6, 6.07) is 10.6. The highest BCUT2D eigenvalue weighted by atomic mass is 15.2. The van der Waals surface area contributed by atoms with E-state index in [0.29, 0.717) is 0 Å². The number of hydrogen-bond donors (Lipinski definition) is 1. The molecule has 2 aromatic rings. The molecule has 1 saturated heterocycles. The van der Waals surface area contributed by atoms with Crippen molar-refractivity contribution < 1.29 is 0 Å². The lowest BCUT2D eigenvalue weighted by molar-refractivity contribution is 0.273. The number of aromatic nitrogens is 2. The topological polar surface area (TPSA) is 33.1 Å². The second-order valence-electron chi connectivity index (χ2n) is 5.34. The average molecular weight is 270 g/mol. The van der Waals surface area contributed by atoms with Crippen LogP contribution in [0, 0.1) is 0 Å². The Balaban J connectivity index is 1.67. The molecule has 1 aliphatic rings. The average Bonchev–Trinajstić information content (AvgIpc) is 2.74. The van der Waals surface area contributed by atoms with Gasteiger partial charge in [-0.2, -0.15) is 0 Å². The standard InChI is InChI=1S/C16H22N4/c1-2-5-15(6-3-1)13-20-12-9-18-16(20)14-19-10-4-7-17-8-11-19/h1-3,5-6,9,12,17H,4,7-8,10-11,13-14H2. The van der Waals surface area contributed by atoms with E-state index in [1.807, 2.05) is 6.20 Å². The minimum atomic E-state index is 0.905. The largest absolute Gasteiger partial charge is 0.329 e. The van der Waals surface area contributed by atoms with Crippen LogP contribution in [-0.4, -0.2) is 40.6 Å². The summed E-state index contributed by atoms with van der Waals surface area (Å²) in [5.41, 5.74) is 1.32. The van der Waals surface area contributed by atoms with Crippen molar-refractivity contribution in [1.82, 2.24) is 19.8 Å². The molecule has 20 heavy (non-hydrogen) atoms. The Morgan fingerprint density at radius 2 is 1.95 bits per heavy atom. The molecule has 4 nitrogen and oxygen atoms in total. The van der Waals surface area contributed by atoms with E-state index < -0.39 is 0 Å². The van der Waals surface area contributed by atoms with Crippen molar-refractivity contribution in [2.45, 2.75) is 19.5 Å². The lowest BCUT2D eigenvalue weighted by Crippen LogP contribution is -2.29. The van der Waals surface area contributed by atoms with Gasteiger partial charge in [0, 0.05) is 32.0 Å². The normalized spacial score (nSPS) is 17.0. The van der Waals surface area contributed by atoms with Crippen molar-refractivity contribution in [3.63, 3.8) is 0 Å². The number of benzene rings is 1. The van der Waals surface area contributed by atoms with Gasteiger partial charge in [-0.15, -0.1) is 0 Å². The van der Waals surface area contributed by atoms with Crippen LogP contribution in [0.15, 0.2) is 42.7 Å². The van der Waals surface area contributed by atoms with Gasteiger partial charge in [0.15, 0.2) is 0 Å². The molecular formula is C16H22N4. The Bertz CT molecular complexity index is 512. The number of nitrogens with zero attached hydrogens (tertiary/aromatic N) is 3. The van der Waals surface area contributed by atoms with Crippen LogP contribution in [0.4, 0.5) is 0 Å². The molecule has 2 heterocycles. The summed E-state index contributed by atoms with van der Waals surface area (Å²) in [6.45, 7) is 6.33. The van der Waals surface area contributed by atoms with E-state index in [4.69, 9.17) is 0 Å². The first kappa shape index (κ1) is 13.3. The van der Waals surface area contributed by atoms with E-state index in [1.54, 1.807) is 0 Å². The number of nitrogens with one attached hydrogen (secondary N) is 1. The molecule has 0 amide bonds. The van der Waals surface area contributed by atoms with Crippen LogP contribution in [0.1, 0.15) is 17.8 Å². The molecule has 1 fully saturated rings. The number of imidazole rings is 1. The van der Waals surface area contributed by atoms with Crippen LogP contribution >= 0.6 is 0 Å². The first-order chi connectivity index (χ1) is 9.92. The highest BCUT2D eigenvalue weighted by Gasteiger charge is 2.12. The third-order valence-electron chi connectivity index (χ3n) is 3.80. The first-order valence-electron chi connectivity index (χ1n) is 7.39. The quantitative estimate of drug-likeness (QED) is 0.918. The van der Waals surface area contributed by atoms with Crippen molar-refractivity contribution >= 4 is 0 Å². The second-order valence-corrected chi connectivity index (χ2v) is 5.34. The van der Waals surface area contributed by atoms with Crippen LogP contribution in [0.3, 0.4) is 0 Å². The van der Waals surface area contributed by atoms with E-state index in [2.05, 4.69) is 56.3 Å². The number of hydrogen-bond acceptors (Lipinski definition) is 3. The molecule has 4 heteroatoms. The van der Waals surface area contributed by atoms with Crippen LogP contribution in [0.2, 0.25) is 0 Å². The van der Waals surface area contributed by atoms with Crippen LogP contribution in [0.5, 0.6) is 0 Å². The summed E-state index contributed by atoms with van der Waals surface area (Å²) >= 11 is 0. The zero-order valence-corrected chi connectivity index (χ0v) is 11.8. The van der Waals surface area contributed by atoms with Crippen molar-refractivity contribution in [2.24, 2.45) is 0 Å². The molecule has 0 saturated carbocycles. The van der Waals surface area contributed by atoms with Gasteiger partial charge in [0.05, 0.1) is 6.54 Å². The summed E-state index contributed by atoms with van der Waals surface area (Å²) in [5.74, 6) is 1.16. The van der Waals surface area contributed by atoms with Crippen LogP contribution in [0.25, 0.3) is 0 Å². The van der Waals surface area contributed by atoms with E-state index >= 15 is 0 Å². The zero-order valence-electron chi connectivity index (χ0n) is 11.8. The molecule has 0 atom stereocenters. The predicted octanol–water partition coefficient (Wildman–Crippen LogP) is 1.73. The Morgan fingerprint density at radius 1 is 1.05 bits per heavy atom. The third-order valence-corrected chi connectivity index (χ3v) is 3.80. The molecule has 0 bridgehead atoms. The van der Waals surface area contributed by atoms with E-state index in [0.717, 1.165) is 45.1 Å². The van der Waals surface area contributed by atoms with Crippen molar-refractivity contribution in [1.29, 1.82) is 0 Å². The van der Waals surface area contributed by atoms with E-state index in [-0.39, 0.29) is 0 Å². The highest BCUT2D eigenvalue weighted by molar-refractivity contribution is 5.15. The minimum Gasteiger partial charge on any atom is -0.329 e. The van der Waals surface area contributed by atoms with E-state index in [9.17, 15) is 0 Å². The fourth-order valence-corrected chi connectivity index (χ4v) is 2.68. The van der Waals surface area contributed by atoms with Crippen LogP contribution < -0.4 is 5.32 Å². The summed E-state index contributed by atoms with van der Waals surface area (Å²) in [6.07, 6.45) is 5.21. The molecule has 3 rings (SSSR count). The van der Waals surface area contributed by atoms with Gasteiger partial charge in [-0.3, -0.25) is 4.90 Å². The maximum Gasteiger partial charge on any atom is 0.123 e. The monoisotopic (exact) mass is 270 g/mol. The van der Waals surface area contributed by atoms with Gasteiger partial charge in [-0.1, -0.05) is 30.3 Å². The third kappa shape index (κ3) is 3.46. The zero-order chi connectivity index (χ0) is 13.6. The lowest BCUT2D eigenvalue weighted by Gasteiger charge is -2.19.